The van der Waals surface area contributed by atoms with Gasteiger partial charge < -0.3 is 14.5 Å². The number of carboxylic acid groups (broad SMARTS) is 1. The van der Waals surface area contributed by atoms with Crippen LogP contribution in [-0.4, -0.2) is 32.6 Å². The van der Waals surface area contributed by atoms with Gasteiger partial charge in [0.05, 0.1) is 6.04 Å². The summed E-state index contributed by atoms with van der Waals surface area (Å²) in [5.41, 5.74) is 0.786. The molecule has 118 valence electrons. The Hall–Kier alpha value is -2.35. The Kier molecular flexibility index (Phi) is 3.15. The molecule has 0 saturated carbocycles. The molecule has 4 rings (SSSR count). The van der Waals surface area contributed by atoms with Crippen LogP contribution in [0.5, 0.6) is 0 Å². The van der Waals surface area contributed by atoms with Gasteiger partial charge in [-0.2, -0.15) is 0 Å². The fraction of sp³-hybridized carbons (Fsp3) is 0.267. The summed E-state index contributed by atoms with van der Waals surface area (Å²) in [5, 5.41) is 10.0. The van der Waals surface area contributed by atoms with E-state index in [2.05, 4.69) is 25.9 Å². The van der Waals surface area contributed by atoms with E-state index in [1.165, 1.54) is 4.90 Å². The Morgan fingerprint density at radius 3 is 3.09 bits per heavy atom. The minimum absolute atomic E-state index is 0.154. The molecule has 0 unspecified atom stereocenters. The highest BCUT2D eigenvalue weighted by Gasteiger charge is 2.32. The third kappa shape index (κ3) is 2.21. The molecule has 0 bridgehead atoms. The summed E-state index contributed by atoms with van der Waals surface area (Å²) >= 11 is 3.39. The van der Waals surface area contributed by atoms with E-state index in [0.29, 0.717) is 29.9 Å². The van der Waals surface area contributed by atoms with Crippen molar-refractivity contribution in [3.8, 4) is 0 Å². The molecule has 0 aliphatic carbocycles. The van der Waals surface area contributed by atoms with Crippen molar-refractivity contribution in [2.75, 3.05) is 6.54 Å². The van der Waals surface area contributed by atoms with E-state index in [0.717, 1.165) is 16.3 Å². The number of carbonyl (C=O) groups is 1. The molecule has 3 heterocycles. The molecule has 2 N–H and O–H groups in total. The normalized spacial score (nSPS) is 18.1. The van der Waals surface area contributed by atoms with Gasteiger partial charge in [-0.25, -0.2) is 9.78 Å². The van der Waals surface area contributed by atoms with Crippen molar-refractivity contribution < 1.29 is 14.3 Å². The molecule has 3 aromatic rings. The van der Waals surface area contributed by atoms with Crippen molar-refractivity contribution in [3.05, 3.63) is 38.9 Å². The molecule has 0 radical (unpaired) electrons. The fourth-order valence-corrected chi connectivity index (χ4v) is 3.44. The molecule has 7 nitrogen and oxygen atoms in total. The van der Waals surface area contributed by atoms with Gasteiger partial charge in [-0.1, -0.05) is 15.9 Å². The van der Waals surface area contributed by atoms with Gasteiger partial charge in [-0.05, 0) is 31.0 Å². The Labute approximate surface area is 138 Å². The van der Waals surface area contributed by atoms with Crippen LogP contribution in [0.1, 0.15) is 24.7 Å². The number of aromatic nitrogens is 2. The minimum Gasteiger partial charge on any atom is -0.465 e. The Morgan fingerprint density at radius 2 is 2.30 bits per heavy atom. The SMILES string of the molecule is O=C(O)N1CCC[C@H]1c1nc2c(oc3ccc(Br)cc32)c(=O)[nH]1. The highest BCUT2D eigenvalue weighted by Crippen LogP contribution is 2.32. The molecule has 0 spiro atoms. The van der Waals surface area contributed by atoms with E-state index in [1.54, 1.807) is 6.07 Å². The molecular weight excluding hydrogens is 366 g/mol. The molecule has 1 fully saturated rings. The molecule has 8 heteroatoms. The average molecular weight is 378 g/mol. The van der Waals surface area contributed by atoms with Crippen LogP contribution in [0.15, 0.2) is 31.9 Å². The third-order valence-corrected chi connectivity index (χ3v) is 4.61. The Bertz CT molecular complexity index is 993. The lowest BCUT2D eigenvalue weighted by Crippen LogP contribution is -2.30. The molecule has 1 atom stereocenters. The second-order valence-electron chi connectivity index (χ2n) is 5.51. The zero-order valence-corrected chi connectivity index (χ0v) is 13.5. The zero-order valence-electron chi connectivity index (χ0n) is 11.9. The van der Waals surface area contributed by atoms with Gasteiger partial charge >= 0.3 is 6.09 Å². The monoisotopic (exact) mass is 377 g/mol. The molecule has 1 saturated heterocycles. The van der Waals surface area contributed by atoms with E-state index < -0.39 is 17.7 Å². The number of nitrogens with zero attached hydrogens (tertiary/aromatic N) is 2. The van der Waals surface area contributed by atoms with E-state index in [1.807, 2.05) is 12.1 Å². The minimum atomic E-state index is -1.00. The van der Waals surface area contributed by atoms with Gasteiger partial charge in [0.2, 0.25) is 5.58 Å². The van der Waals surface area contributed by atoms with Crippen molar-refractivity contribution >= 4 is 44.1 Å². The van der Waals surface area contributed by atoms with Crippen LogP contribution in [0, 0.1) is 0 Å². The van der Waals surface area contributed by atoms with Crippen molar-refractivity contribution in [1.29, 1.82) is 0 Å². The lowest BCUT2D eigenvalue weighted by molar-refractivity contribution is 0.138. The number of H-pyrrole nitrogens is 1. The summed E-state index contributed by atoms with van der Waals surface area (Å²) in [4.78, 5) is 32.1. The van der Waals surface area contributed by atoms with Crippen LogP contribution < -0.4 is 5.56 Å². The Morgan fingerprint density at radius 1 is 1.48 bits per heavy atom. The number of furan rings is 1. The Balaban J connectivity index is 1.95. The van der Waals surface area contributed by atoms with Gasteiger partial charge in [0.1, 0.15) is 16.9 Å². The molecule has 2 aromatic heterocycles. The predicted octanol–water partition coefficient (Wildman–Crippen LogP) is 3.25. The molecule has 23 heavy (non-hydrogen) atoms. The van der Waals surface area contributed by atoms with Crippen LogP contribution in [0.2, 0.25) is 0 Å². The lowest BCUT2D eigenvalue weighted by Gasteiger charge is -2.20. The number of halogens is 1. The van der Waals surface area contributed by atoms with Crippen molar-refractivity contribution in [3.63, 3.8) is 0 Å². The van der Waals surface area contributed by atoms with Gasteiger partial charge in [0.25, 0.3) is 5.56 Å². The fourth-order valence-electron chi connectivity index (χ4n) is 3.08. The maximum absolute atomic E-state index is 12.3. The van der Waals surface area contributed by atoms with Crippen LogP contribution in [0.3, 0.4) is 0 Å². The first-order chi connectivity index (χ1) is 11.0. The molecule has 1 aliphatic rings. The van der Waals surface area contributed by atoms with Crippen LogP contribution in [0.25, 0.3) is 22.1 Å². The second-order valence-corrected chi connectivity index (χ2v) is 6.42. The maximum atomic E-state index is 12.3. The lowest BCUT2D eigenvalue weighted by atomic mass is 10.2. The zero-order chi connectivity index (χ0) is 16.1. The van der Waals surface area contributed by atoms with E-state index in [-0.39, 0.29) is 5.58 Å². The number of nitrogens with one attached hydrogen (secondary N) is 1. The number of fused-ring (bicyclic) bond motifs is 3. The van der Waals surface area contributed by atoms with Gasteiger partial charge in [-0.15, -0.1) is 0 Å². The molecular formula is C15H12BrN3O4. The van der Waals surface area contributed by atoms with Crippen LogP contribution >= 0.6 is 15.9 Å². The largest absolute Gasteiger partial charge is 0.465 e. The number of likely N-dealkylation sites (tertiary alicyclic amines) is 1. The van der Waals surface area contributed by atoms with E-state index in [9.17, 15) is 14.7 Å². The van der Waals surface area contributed by atoms with Gasteiger partial charge in [0.15, 0.2) is 0 Å². The summed E-state index contributed by atoms with van der Waals surface area (Å²) in [6.45, 7) is 0.444. The first-order valence-corrected chi connectivity index (χ1v) is 7.95. The van der Waals surface area contributed by atoms with Crippen molar-refractivity contribution in [2.24, 2.45) is 0 Å². The average Bonchev–Trinajstić information content (AvgIpc) is 3.12. The van der Waals surface area contributed by atoms with E-state index >= 15 is 0 Å². The summed E-state index contributed by atoms with van der Waals surface area (Å²) in [7, 11) is 0. The van der Waals surface area contributed by atoms with Gasteiger partial charge in [0, 0.05) is 16.4 Å². The highest BCUT2D eigenvalue weighted by molar-refractivity contribution is 9.10. The van der Waals surface area contributed by atoms with Crippen molar-refractivity contribution in [1.82, 2.24) is 14.9 Å². The number of aromatic amines is 1. The third-order valence-electron chi connectivity index (χ3n) is 4.12. The quantitative estimate of drug-likeness (QED) is 0.677. The van der Waals surface area contributed by atoms with Crippen molar-refractivity contribution in [2.45, 2.75) is 18.9 Å². The highest BCUT2D eigenvalue weighted by atomic mass is 79.9. The first kappa shape index (κ1) is 14.3. The van der Waals surface area contributed by atoms with Gasteiger partial charge in [-0.3, -0.25) is 9.69 Å². The predicted molar refractivity (Wildman–Crippen MR) is 86.5 cm³/mol. The summed E-state index contributed by atoms with van der Waals surface area (Å²) in [6, 6.07) is 4.99. The smallest absolute Gasteiger partial charge is 0.407 e. The standard InChI is InChI=1S/C15H12BrN3O4/c16-7-3-4-10-8(6-7)11-12(23-10)14(20)18-13(17-11)9-2-1-5-19(9)15(21)22/h3-4,6,9H,1-2,5H2,(H,21,22)(H,17,18,20)/t9-/m0/s1. The number of amides is 1. The topological polar surface area (TPSA) is 99.4 Å². The second kappa shape index (κ2) is 5.09. The number of hydrogen-bond acceptors (Lipinski definition) is 4. The number of hydrogen-bond donors (Lipinski definition) is 2. The molecule has 1 aromatic carbocycles. The summed E-state index contributed by atoms with van der Waals surface area (Å²) in [5.74, 6) is 0.366. The summed E-state index contributed by atoms with van der Waals surface area (Å²) in [6.07, 6.45) is 0.381. The van der Waals surface area contributed by atoms with Crippen LogP contribution in [-0.2, 0) is 0 Å². The maximum Gasteiger partial charge on any atom is 0.407 e. The number of benzene rings is 1. The van der Waals surface area contributed by atoms with E-state index in [4.69, 9.17) is 4.42 Å². The molecule has 1 aliphatic heterocycles. The first-order valence-electron chi connectivity index (χ1n) is 7.16. The summed E-state index contributed by atoms with van der Waals surface area (Å²) < 4.78 is 6.42. The molecule has 1 amide bonds. The number of rotatable bonds is 1. The van der Waals surface area contributed by atoms with Crippen LogP contribution in [0.4, 0.5) is 4.79 Å².